The Bertz CT molecular complexity index is 1660. The molecule has 4 saturated carbocycles. The molecule has 5 heteroatoms. The number of nitrogens with zero attached hydrogens (tertiary/aromatic N) is 1. The van der Waals surface area contributed by atoms with Gasteiger partial charge in [0.05, 0.1) is 12.0 Å². The highest BCUT2D eigenvalue weighted by molar-refractivity contribution is 5.88. The van der Waals surface area contributed by atoms with E-state index in [1.165, 1.54) is 68.1 Å². The Morgan fingerprint density at radius 1 is 0.918 bits per heavy atom. The fourth-order valence-electron chi connectivity index (χ4n) is 13.5. The molecule has 0 unspecified atom stereocenters. The van der Waals surface area contributed by atoms with Crippen LogP contribution >= 0.6 is 0 Å². The Kier molecular flexibility index (Phi) is 8.35. The summed E-state index contributed by atoms with van der Waals surface area (Å²) in [4.78, 5) is 29.0. The number of hydrogen-bond acceptors (Lipinski definition) is 3. The largest absolute Gasteiger partial charge is 0.478 e. The molecule has 7 rings (SSSR count). The zero-order valence-electron chi connectivity index (χ0n) is 30.8. The molecule has 4 fully saturated rings. The predicted molar refractivity (Wildman–Crippen MR) is 197 cm³/mol. The first kappa shape index (κ1) is 34.2. The third kappa shape index (κ3) is 5.18. The number of carboxylic acids is 1. The molecule has 2 N–H and O–H groups in total. The molecular formula is C44H58N2O3. The summed E-state index contributed by atoms with van der Waals surface area (Å²) in [5.41, 5.74) is 6.07. The van der Waals surface area contributed by atoms with E-state index in [9.17, 15) is 14.7 Å². The zero-order chi connectivity index (χ0) is 35.0. The number of carbonyl (C=O) groups excluding carboxylic acids is 1. The summed E-state index contributed by atoms with van der Waals surface area (Å²) in [6, 6.07) is 11.5. The number of amides is 1. The number of aromatic carboxylic acids is 1. The van der Waals surface area contributed by atoms with Gasteiger partial charge in [0.2, 0.25) is 5.91 Å². The van der Waals surface area contributed by atoms with Gasteiger partial charge in [0.25, 0.3) is 0 Å². The van der Waals surface area contributed by atoms with Gasteiger partial charge in [0.1, 0.15) is 0 Å². The molecular weight excluding hydrogens is 604 g/mol. The molecule has 0 aliphatic heterocycles. The minimum Gasteiger partial charge on any atom is -0.478 e. The molecule has 0 bridgehead atoms. The molecule has 5 nitrogen and oxygen atoms in total. The molecule has 0 spiro atoms. The van der Waals surface area contributed by atoms with Gasteiger partial charge < -0.3 is 10.4 Å². The Morgan fingerprint density at radius 3 is 2.35 bits per heavy atom. The monoisotopic (exact) mass is 662 g/mol. The molecule has 1 aromatic heterocycles. The van der Waals surface area contributed by atoms with Crippen LogP contribution in [0.5, 0.6) is 0 Å². The Balaban J connectivity index is 1.17. The van der Waals surface area contributed by atoms with E-state index in [0.717, 1.165) is 18.5 Å². The summed E-state index contributed by atoms with van der Waals surface area (Å²) in [5.74, 6) is 2.20. The van der Waals surface area contributed by atoms with E-state index in [0.29, 0.717) is 41.6 Å². The summed E-state index contributed by atoms with van der Waals surface area (Å²) < 4.78 is 0. The van der Waals surface area contributed by atoms with E-state index in [4.69, 9.17) is 0 Å². The summed E-state index contributed by atoms with van der Waals surface area (Å²) >= 11 is 0. The van der Waals surface area contributed by atoms with Crippen LogP contribution < -0.4 is 5.32 Å². The van der Waals surface area contributed by atoms with Gasteiger partial charge in [0, 0.05) is 18.9 Å². The smallest absolute Gasteiger partial charge is 0.335 e. The second-order valence-electron chi connectivity index (χ2n) is 18.3. The lowest BCUT2D eigenvalue weighted by Crippen LogP contribution is -2.66. The summed E-state index contributed by atoms with van der Waals surface area (Å²) in [7, 11) is 0. The highest BCUT2D eigenvalue weighted by Gasteiger charge is 2.70. The van der Waals surface area contributed by atoms with Gasteiger partial charge in [-0.2, -0.15) is 0 Å². The topological polar surface area (TPSA) is 79.3 Å². The quantitative estimate of drug-likeness (QED) is 0.289. The van der Waals surface area contributed by atoms with Crippen molar-refractivity contribution in [1.82, 2.24) is 10.3 Å². The minimum atomic E-state index is -0.871. The molecule has 5 aliphatic rings. The van der Waals surface area contributed by atoms with Crippen molar-refractivity contribution in [2.75, 3.05) is 6.54 Å². The fourth-order valence-corrected chi connectivity index (χ4v) is 13.5. The molecule has 49 heavy (non-hydrogen) atoms. The Labute approximate surface area is 294 Å². The molecule has 9 atom stereocenters. The van der Waals surface area contributed by atoms with Gasteiger partial charge in [-0.25, -0.2) is 4.79 Å². The Hall–Kier alpha value is -3.21. The van der Waals surface area contributed by atoms with Gasteiger partial charge in [-0.3, -0.25) is 9.78 Å². The third-order valence-corrected chi connectivity index (χ3v) is 16.0. The lowest BCUT2D eigenvalue weighted by Gasteiger charge is -2.72. The van der Waals surface area contributed by atoms with Crippen molar-refractivity contribution in [1.29, 1.82) is 0 Å². The average Bonchev–Trinajstić information content (AvgIpc) is 3.45. The van der Waals surface area contributed by atoms with E-state index < -0.39 is 5.97 Å². The molecule has 0 radical (unpaired) electrons. The number of nitrogens with one attached hydrogen (secondary N) is 1. The highest BCUT2D eigenvalue weighted by atomic mass is 16.4. The van der Waals surface area contributed by atoms with Crippen LogP contribution in [0.15, 0.2) is 67.0 Å². The number of benzene rings is 1. The molecule has 2 aromatic rings. The number of carboxylic acid groups (broad SMARTS) is 1. The minimum absolute atomic E-state index is 0.00304. The van der Waals surface area contributed by atoms with Crippen LogP contribution in [0.1, 0.15) is 121 Å². The van der Waals surface area contributed by atoms with Gasteiger partial charge in [-0.15, -0.1) is 0 Å². The van der Waals surface area contributed by atoms with Crippen LogP contribution in [0, 0.1) is 56.7 Å². The van der Waals surface area contributed by atoms with E-state index in [1.54, 1.807) is 24.5 Å². The molecule has 1 aromatic carbocycles. The first-order valence-electron chi connectivity index (χ1n) is 19.0. The van der Waals surface area contributed by atoms with E-state index in [-0.39, 0.29) is 33.0 Å². The van der Waals surface area contributed by atoms with Crippen molar-refractivity contribution in [3.05, 3.63) is 83.7 Å². The maximum absolute atomic E-state index is 13.2. The lowest BCUT2D eigenvalue weighted by atomic mass is 9.32. The summed E-state index contributed by atoms with van der Waals surface area (Å²) in [6.45, 7) is 20.5. The van der Waals surface area contributed by atoms with Crippen LogP contribution in [0.3, 0.4) is 0 Å². The molecule has 5 aliphatic carbocycles. The highest BCUT2D eigenvalue weighted by Crippen LogP contribution is 2.77. The van der Waals surface area contributed by atoms with Gasteiger partial charge in [-0.05, 0) is 156 Å². The molecule has 1 amide bonds. The maximum Gasteiger partial charge on any atom is 0.335 e. The van der Waals surface area contributed by atoms with Crippen molar-refractivity contribution in [2.45, 2.75) is 106 Å². The standard InChI is InChI=1S/C44H58N2O3/c1-28(2)32-16-21-44(27-46-37(47)25-29-9-8-24-45-26-29)23-22-42(6)34(38(32)44)14-15-36-41(5)19-17-33(30-10-12-31(13-11-30)39(48)49)40(3,4)35(41)18-20-43(36,42)7/h8-13,17,24,26,32,34-36,38H,1,14-16,18-23,25,27H2,2-7H3,(H,46,47)(H,48,49)/t32-,34+,35-,36+,38+,41-,42+,43+,44+/m0/s1. The third-order valence-electron chi connectivity index (χ3n) is 16.0. The predicted octanol–water partition coefficient (Wildman–Crippen LogP) is 9.79. The van der Waals surface area contributed by atoms with Crippen LogP contribution in [0.25, 0.3) is 5.57 Å². The van der Waals surface area contributed by atoms with Crippen molar-refractivity contribution >= 4 is 17.4 Å². The van der Waals surface area contributed by atoms with E-state index in [2.05, 4.69) is 64.5 Å². The van der Waals surface area contributed by atoms with Crippen molar-refractivity contribution < 1.29 is 14.7 Å². The van der Waals surface area contributed by atoms with Gasteiger partial charge >= 0.3 is 5.97 Å². The Morgan fingerprint density at radius 2 is 1.67 bits per heavy atom. The van der Waals surface area contributed by atoms with Crippen molar-refractivity contribution in [3.63, 3.8) is 0 Å². The number of aromatic nitrogens is 1. The van der Waals surface area contributed by atoms with E-state index in [1.807, 2.05) is 24.3 Å². The SMILES string of the molecule is C=C(C)[C@@H]1CC[C@]2(CNC(=O)Cc3cccnc3)CC[C@]3(C)[C@H](CC[C@@H]4[C@@]5(C)CC=C(c6ccc(C(=O)O)cc6)C(C)(C)[C@@H]5CC[C@]43C)[C@@H]12. The number of allylic oxidation sites excluding steroid dienone is 3. The summed E-state index contributed by atoms with van der Waals surface area (Å²) in [6.07, 6.45) is 17.4. The second-order valence-corrected chi connectivity index (χ2v) is 18.3. The number of carbonyl (C=O) groups is 2. The molecule has 0 saturated heterocycles. The molecule has 1 heterocycles. The number of rotatable bonds is 7. The fraction of sp³-hybridized carbons (Fsp3) is 0.614. The van der Waals surface area contributed by atoms with Crippen LogP contribution in [-0.4, -0.2) is 28.5 Å². The first-order valence-corrected chi connectivity index (χ1v) is 19.0. The van der Waals surface area contributed by atoms with Gasteiger partial charge in [-0.1, -0.05) is 71.0 Å². The average molecular weight is 663 g/mol. The van der Waals surface area contributed by atoms with Crippen LogP contribution in [-0.2, 0) is 11.2 Å². The van der Waals surface area contributed by atoms with Crippen LogP contribution in [0.4, 0.5) is 0 Å². The maximum atomic E-state index is 13.2. The molecule has 262 valence electrons. The first-order chi connectivity index (χ1) is 23.2. The lowest BCUT2D eigenvalue weighted by molar-refractivity contribution is -0.225. The van der Waals surface area contributed by atoms with E-state index >= 15 is 0 Å². The van der Waals surface area contributed by atoms with Crippen molar-refractivity contribution in [3.8, 4) is 0 Å². The second kappa shape index (κ2) is 11.9. The number of pyridine rings is 1. The normalized spacial score (nSPS) is 39.0. The zero-order valence-corrected chi connectivity index (χ0v) is 30.8. The number of fused-ring (bicyclic) bond motifs is 7. The van der Waals surface area contributed by atoms with Crippen LogP contribution in [0.2, 0.25) is 0 Å². The summed E-state index contributed by atoms with van der Waals surface area (Å²) in [5, 5.41) is 12.9. The number of hydrogen-bond donors (Lipinski definition) is 2. The van der Waals surface area contributed by atoms with Crippen molar-refractivity contribution in [2.24, 2.45) is 56.7 Å². The van der Waals surface area contributed by atoms with Gasteiger partial charge in [0.15, 0.2) is 0 Å².